The summed E-state index contributed by atoms with van der Waals surface area (Å²) >= 11 is 6.41. The van der Waals surface area contributed by atoms with E-state index in [1.54, 1.807) is 0 Å². The van der Waals surface area contributed by atoms with Gasteiger partial charge < -0.3 is 0 Å². The van der Waals surface area contributed by atoms with Crippen LogP contribution in [0.4, 0.5) is 0 Å². The molecule has 0 spiro atoms. The Morgan fingerprint density at radius 1 is 1.13 bits per heavy atom. The highest BCUT2D eigenvalue weighted by Gasteiger charge is 2.43. The Balaban J connectivity index is 2.20. The molecule has 0 radical (unpaired) electrons. The molecule has 2 aliphatic rings. The average Bonchev–Trinajstić information content (AvgIpc) is 2.65. The van der Waals surface area contributed by atoms with Crippen molar-refractivity contribution in [1.29, 1.82) is 5.26 Å². The predicted molar refractivity (Wildman–Crippen MR) is 59.5 cm³/mol. The number of allylic oxidation sites excluding steroid dienone is 2. The normalized spacial score (nSPS) is 36.0. The minimum Gasteiger partial charge on any atom is -0.198 e. The third kappa shape index (κ3) is 1.09. The average molecular weight is 216 g/mol. The summed E-state index contributed by atoms with van der Waals surface area (Å²) in [5.41, 5.74) is 2.43. The predicted octanol–water partition coefficient (Wildman–Crippen LogP) is 3.39. The molecule has 1 nitrogen and oxygen atoms in total. The maximum Gasteiger partial charge on any atom is 0.0672 e. The lowest BCUT2D eigenvalue weighted by Gasteiger charge is -2.31. The maximum atomic E-state index is 9.17. The van der Waals surface area contributed by atoms with Gasteiger partial charge in [-0.3, -0.25) is 0 Å². The van der Waals surface area contributed by atoms with Crippen molar-refractivity contribution in [2.45, 2.75) is 11.3 Å². The summed E-state index contributed by atoms with van der Waals surface area (Å²) in [6.07, 6.45) is 4.25. The largest absolute Gasteiger partial charge is 0.198 e. The van der Waals surface area contributed by atoms with Crippen molar-refractivity contribution in [3.63, 3.8) is 0 Å². The molecule has 0 aliphatic heterocycles. The Bertz CT molecular complexity index is 472. The lowest BCUT2D eigenvalue weighted by molar-refractivity contribution is 0.438. The van der Waals surface area contributed by atoms with Gasteiger partial charge in [0.2, 0.25) is 0 Å². The van der Waals surface area contributed by atoms with E-state index >= 15 is 0 Å². The van der Waals surface area contributed by atoms with Crippen LogP contribution < -0.4 is 0 Å². The summed E-state index contributed by atoms with van der Waals surface area (Å²) in [5, 5.41) is 9.13. The first kappa shape index (κ1) is 9.00. The molecule has 0 N–H and O–H groups in total. The fourth-order valence-corrected chi connectivity index (χ4v) is 3.18. The summed E-state index contributed by atoms with van der Waals surface area (Å²) in [5.74, 6) is 0.477. The van der Waals surface area contributed by atoms with Crippen molar-refractivity contribution in [1.82, 2.24) is 0 Å². The molecule has 0 amide bonds. The van der Waals surface area contributed by atoms with Crippen LogP contribution in [-0.2, 0) is 0 Å². The van der Waals surface area contributed by atoms with Crippen molar-refractivity contribution in [2.24, 2.45) is 11.8 Å². The molecule has 3 rings (SSSR count). The quantitative estimate of drug-likeness (QED) is 0.481. The van der Waals surface area contributed by atoms with Crippen molar-refractivity contribution >= 4 is 11.6 Å². The molecular formula is C13H10ClN. The minimum atomic E-state index is -0.0409. The molecule has 15 heavy (non-hydrogen) atoms. The van der Waals surface area contributed by atoms with Crippen LogP contribution >= 0.6 is 11.6 Å². The highest BCUT2D eigenvalue weighted by Crippen LogP contribution is 2.52. The zero-order valence-corrected chi connectivity index (χ0v) is 8.85. The molecule has 2 heteroatoms. The van der Waals surface area contributed by atoms with E-state index in [1.165, 1.54) is 11.1 Å². The van der Waals surface area contributed by atoms with Gasteiger partial charge in [0.05, 0.1) is 17.4 Å². The molecule has 74 valence electrons. The third-order valence-electron chi connectivity index (χ3n) is 3.48. The van der Waals surface area contributed by atoms with E-state index in [-0.39, 0.29) is 23.1 Å². The van der Waals surface area contributed by atoms with Gasteiger partial charge in [0.25, 0.3) is 0 Å². The van der Waals surface area contributed by atoms with Crippen LogP contribution in [0.2, 0.25) is 0 Å². The molecular weight excluding hydrogens is 206 g/mol. The first-order valence-corrected chi connectivity index (χ1v) is 5.57. The molecule has 2 aliphatic carbocycles. The topological polar surface area (TPSA) is 23.8 Å². The van der Waals surface area contributed by atoms with Gasteiger partial charge in [-0.25, -0.2) is 0 Å². The Morgan fingerprint density at radius 2 is 1.87 bits per heavy atom. The summed E-state index contributed by atoms with van der Waals surface area (Å²) < 4.78 is 0. The molecule has 0 aromatic heterocycles. The monoisotopic (exact) mass is 215 g/mol. The Hall–Kier alpha value is -1.26. The van der Waals surface area contributed by atoms with Crippen molar-refractivity contribution in [3.8, 4) is 6.07 Å². The number of benzene rings is 1. The molecule has 4 atom stereocenters. The van der Waals surface area contributed by atoms with E-state index in [4.69, 9.17) is 16.9 Å². The van der Waals surface area contributed by atoms with Crippen LogP contribution in [0, 0.1) is 23.2 Å². The van der Waals surface area contributed by atoms with E-state index in [1.807, 2.05) is 12.1 Å². The van der Waals surface area contributed by atoms with Gasteiger partial charge >= 0.3 is 0 Å². The van der Waals surface area contributed by atoms with Gasteiger partial charge in [0.15, 0.2) is 0 Å². The van der Waals surface area contributed by atoms with Gasteiger partial charge in [-0.1, -0.05) is 36.4 Å². The van der Waals surface area contributed by atoms with Crippen LogP contribution in [0.15, 0.2) is 36.4 Å². The number of halogens is 1. The van der Waals surface area contributed by atoms with Gasteiger partial charge in [0.1, 0.15) is 0 Å². The Labute approximate surface area is 94.0 Å². The first-order chi connectivity index (χ1) is 7.33. The SMILES string of the molecule is N#CC1C2C=CC1[C@@H](Cl)c1ccccc12. The van der Waals surface area contributed by atoms with Crippen LogP contribution in [0.25, 0.3) is 0 Å². The molecule has 0 fully saturated rings. The number of hydrogen-bond donors (Lipinski definition) is 0. The number of rotatable bonds is 0. The lowest BCUT2D eigenvalue weighted by Crippen LogP contribution is -2.23. The Kier molecular flexibility index (Phi) is 1.87. The molecule has 1 aromatic carbocycles. The number of nitrogens with zero attached hydrogens (tertiary/aromatic N) is 1. The summed E-state index contributed by atoms with van der Waals surface area (Å²) in [6, 6.07) is 10.6. The second kappa shape index (κ2) is 3.12. The van der Waals surface area contributed by atoms with Crippen molar-refractivity contribution in [2.75, 3.05) is 0 Å². The van der Waals surface area contributed by atoms with Crippen molar-refractivity contribution < 1.29 is 0 Å². The molecule has 0 saturated heterocycles. The second-order valence-electron chi connectivity index (χ2n) is 4.17. The van der Waals surface area contributed by atoms with Crippen molar-refractivity contribution in [3.05, 3.63) is 47.5 Å². The molecule has 0 saturated carbocycles. The zero-order chi connectivity index (χ0) is 10.4. The maximum absolute atomic E-state index is 9.17. The van der Waals surface area contributed by atoms with Gasteiger partial charge in [-0.15, -0.1) is 11.6 Å². The summed E-state index contributed by atoms with van der Waals surface area (Å²) in [4.78, 5) is 0. The van der Waals surface area contributed by atoms with E-state index in [0.29, 0.717) is 0 Å². The van der Waals surface area contributed by atoms with Gasteiger partial charge in [-0.2, -0.15) is 5.26 Å². The third-order valence-corrected chi connectivity index (χ3v) is 4.01. The van der Waals surface area contributed by atoms with Gasteiger partial charge in [0, 0.05) is 11.8 Å². The number of alkyl halides is 1. The van der Waals surface area contributed by atoms with E-state index in [9.17, 15) is 0 Å². The standard InChI is InChI=1S/C13H10ClN/c14-13-10-4-2-1-3-8(10)9-5-6-11(13)12(9)7-15/h1-6,9,11-13H/t9?,11?,12?,13-/m0/s1. The van der Waals surface area contributed by atoms with E-state index in [0.717, 1.165) is 0 Å². The fraction of sp³-hybridized carbons (Fsp3) is 0.308. The summed E-state index contributed by atoms with van der Waals surface area (Å²) in [7, 11) is 0. The molecule has 0 heterocycles. The van der Waals surface area contributed by atoms with E-state index < -0.39 is 0 Å². The van der Waals surface area contributed by atoms with Crippen LogP contribution in [0.1, 0.15) is 22.4 Å². The number of hydrogen-bond acceptors (Lipinski definition) is 1. The highest BCUT2D eigenvalue weighted by molar-refractivity contribution is 6.21. The number of fused-ring (bicyclic) bond motifs is 4. The smallest absolute Gasteiger partial charge is 0.0672 e. The molecule has 1 aromatic rings. The first-order valence-electron chi connectivity index (χ1n) is 5.14. The van der Waals surface area contributed by atoms with Gasteiger partial charge in [-0.05, 0) is 11.1 Å². The van der Waals surface area contributed by atoms with Crippen LogP contribution in [0.3, 0.4) is 0 Å². The highest BCUT2D eigenvalue weighted by atomic mass is 35.5. The van der Waals surface area contributed by atoms with E-state index in [2.05, 4.69) is 30.4 Å². The molecule has 3 unspecified atom stereocenters. The fourth-order valence-electron chi connectivity index (χ4n) is 2.74. The molecule has 2 bridgehead atoms. The van der Waals surface area contributed by atoms with Crippen LogP contribution in [0.5, 0.6) is 0 Å². The number of nitriles is 1. The summed E-state index contributed by atoms with van der Waals surface area (Å²) in [6.45, 7) is 0. The second-order valence-corrected chi connectivity index (χ2v) is 4.64. The Morgan fingerprint density at radius 3 is 2.60 bits per heavy atom. The van der Waals surface area contributed by atoms with Crippen LogP contribution in [-0.4, -0.2) is 0 Å². The lowest BCUT2D eigenvalue weighted by atomic mass is 9.74. The zero-order valence-electron chi connectivity index (χ0n) is 8.10. The minimum absolute atomic E-state index is 0.0300.